The zero-order chi connectivity index (χ0) is 11.7. The van der Waals surface area contributed by atoms with Gasteiger partial charge in [-0.05, 0) is 49.1 Å². The molecule has 94 valence electrons. The van der Waals surface area contributed by atoms with Crippen LogP contribution in [-0.4, -0.2) is 5.79 Å². The molecule has 3 aliphatic carbocycles. The molecule has 5 rings (SSSR count). The molecule has 0 saturated heterocycles. The zero-order valence-corrected chi connectivity index (χ0v) is 10.5. The number of hydrogen-bond donors (Lipinski definition) is 0. The molecule has 1 aromatic carbocycles. The monoisotopic (exact) mass is 242 g/mol. The Morgan fingerprint density at radius 2 is 1.72 bits per heavy atom. The van der Waals surface area contributed by atoms with Gasteiger partial charge < -0.3 is 9.47 Å². The van der Waals surface area contributed by atoms with Gasteiger partial charge in [-0.1, -0.05) is 18.6 Å². The second-order valence-electron chi connectivity index (χ2n) is 6.53. The van der Waals surface area contributed by atoms with Crippen LogP contribution < -0.4 is 9.47 Å². The third-order valence-electron chi connectivity index (χ3n) is 5.83. The minimum atomic E-state index is -0.292. The van der Waals surface area contributed by atoms with Crippen LogP contribution in [0.5, 0.6) is 11.5 Å². The number of hydrogen-bond acceptors (Lipinski definition) is 2. The van der Waals surface area contributed by atoms with Gasteiger partial charge >= 0.3 is 0 Å². The van der Waals surface area contributed by atoms with E-state index >= 15 is 0 Å². The molecule has 3 fully saturated rings. The topological polar surface area (TPSA) is 18.5 Å². The Kier molecular flexibility index (Phi) is 1.64. The minimum absolute atomic E-state index is 0.292. The van der Waals surface area contributed by atoms with Gasteiger partial charge in [0.05, 0.1) is 0 Å². The van der Waals surface area contributed by atoms with E-state index in [9.17, 15) is 0 Å². The molecule has 4 atom stereocenters. The molecule has 0 aromatic heterocycles. The Morgan fingerprint density at radius 3 is 2.50 bits per heavy atom. The van der Waals surface area contributed by atoms with Crippen molar-refractivity contribution >= 4 is 0 Å². The lowest BCUT2D eigenvalue weighted by Crippen LogP contribution is -2.48. The van der Waals surface area contributed by atoms with Crippen LogP contribution in [0.15, 0.2) is 24.3 Å². The highest BCUT2D eigenvalue weighted by molar-refractivity contribution is 5.43. The highest BCUT2D eigenvalue weighted by Gasteiger charge is 2.65. The molecule has 2 bridgehead atoms. The van der Waals surface area contributed by atoms with Gasteiger partial charge in [-0.2, -0.15) is 0 Å². The van der Waals surface area contributed by atoms with Crippen molar-refractivity contribution in [3.8, 4) is 11.5 Å². The Labute approximate surface area is 107 Å². The maximum atomic E-state index is 6.28. The van der Waals surface area contributed by atoms with Crippen LogP contribution in [0.2, 0.25) is 0 Å². The van der Waals surface area contributed by atoms with Crippen molar-refractivity contribution in [3.05, 3.63) is 24.3 Å². The number of rotatable bonds is 0. The predicted molar refractivity (Wildman–Crippen MR) is 67.5 cm³/mol. The lowest BCUT2D eigenvalue weighted by Gasteiger charge is -2.38. The Bertz CT molecular complexity index is 485. The van der Waals surface area contributed by atoms with Crippen molar-refractivity contribution < 1.29 is 9.47 Å². The first-order valence-corrected chi connectivity index (χ1v) is 7.33. The summed E-state index contributed by atoms with van der Waals surface area (Å²) in [5, 5.41) is 0. The quantitative estimate of drug-likeness (QED) is 0.692. The first kappa shape index (κ1) is 9.71. The van der Waals surface area contributed by atoms with Crippen LogP contribution in [0, 0.1) is 23.7 Å². The first-order valence-electron chi connectivity index (χ1n) is 7.33. The van der Waals surface area contributed by atoms with Crippen LogP contribution in [0.25, 0.3) is 0 Å². The number of fused-ring (bicyclic) bond motifs is 7. The van der Waals surface area contributed by atoms with Gasteiger partial charge in [0, 0.05) is 12.3 Å². The van der Waals surface area contributed by atoms with Gasteiger partial charge in [0.25, 0.3) is 5.79 Å². The highest BCUT2D eigenvalue weighted by atomic mass is 16.7. The number of benzene rings is 1. The van der Waals surface area contributed by atoms with Crippen LogP contribution in [0.3, 0.4) is 0 Å². The molecule has 4 aliphatic rings. The van der Waals surface area contributed by atoms with Gasteiger partial charge in [0.1, 0.15) is 0 Å². The number of ether oxygens (including phenoxy) is 2. The van der Waals surface area contributed by atoms with Crippen molar-refractivity contribution in [3.63, 3.8) is 0 Å². The average molecular weight is 242 g/mol. The minimum Gasteiger partial charge on any atom is -0.448 e. The third kappa shape index (κ3) is 1.01. The molecule has 1 aliphatic heterocycles. The predicted octanol–water partition coefficient (Wildman–Crippen LogP) is 3.61. The van der Waals surface area contributed by atoms with Crippen LogP contribution in [-0.2, 0) is 0 Å². The largest absolute Gasteiger partial charge is 0.448 e. The van der Waals surface area contributed by atoms with Crippen molar-refractivity contribution in [2.45, 2.75) is 37.9 Å². The Morgan fingerprint density at radius 1 is 1.00 bits per heavy atom. The summed E-state index contributed by atoms with van der Waals surface area (Å²) < 4.78 is 12.6. The summed E-state index contributed by atoms with van der Waals surface area (Å²) in [7, 11) is 0. The van der Waals surface area contributed by atoms with Gasteiger partial charge in [-0.3, -0.25) is 0 Å². The van der Waals surface area contributed by atoms with E-state index in [1.807, 2.05) is 24.3 Å². The zero-order valence-electron chi connectivity index (χ0n) is 10.5. The van der Waals surface area contributed by atoms with E-state index in [-0.39, 0.29) is 5.79 Å². The van der Waals surface area contributed by atoms with Gasteiger partial charge in [-0.15, -0.1) is 0 Å². The van der Waals surface area contributed by atoms with E-state index in [0.29, 0.717) is 5.92 Å². The van der Waals surface area contributed by atoms with E-state index in [2.05, 4.69) is 0 Å². The van der Waals surface area contributed by atoms with E-state index in [4.69, 9.17) is 9.47 Å². The molecule has 0 radical (unpaired) electrons. The summed E-state index contributed by atoms with van der Waals surface area (Å²) in [5.41, 5.74) is 0. The van der Waals surface area contributed by atoms with Crippen molar-refractivity contribution in [1.29, 1.82) is 0 Å². The molecule has 0 N–H and O–H groups in total. The average Bonchev–Trinajstić information content (AvgIpc) is 3.07. The Hall–Kier alpha value is -1.18. The molecule has 1 heterocycles. The standard InChI is InChI=1S/C16H18O2/c1-2-7-15-14(6-1)17-16(18-15)9-10-8-13(16)12-5-3-4-11(10)12/h1-2,6-7,10-13H,3-5,8-9H2. The van der Waals surface area contributed by atoms with Gasteiger partial charge in [-0.25, -0.2) is 0 Å². The molecule has 4 unspecified atom stereocenters. The molecular formula is C16H18O2. The summed E-state index contributed by atoms with van der Waals surface area (Å²) in [6.07, 6.45) is 6.73. The second-order valence-corrected chi connectivity index (χ2v) is 6.53. The maximum absolute atomic E-state index is 6.28. The molecule has 18 heavy (non-hydrogen) atoms. The SMILES string of the molecule is c1ccc2c(c1)OC1(CC3CC1C1CCCC31)O2. The molecular weight excluding hydrogens is 224 g/mol. The van der Waals surface area contributed by atoms with Crippen molar-refractivity contribution in [1.82, 2.24) is 0 Å². The van der Waals surface area contributed by atoms with Gasteiger partial charge in [0.15, 0.2) is 11.5 Å². The van der Waals surface area contributed by atoms with Crippen LogP contribution in [0.4, 0.5) is 0 Å². The second kappa shape index (κ2) is 3.04. The summed E-state index contributed by atoms with van der Waals surface area (Å²) in [6, 6.07) is 8.16. The molecule has 1 aromatic rings. The lowest BCUT2D eigenvalue weighted by molar-refractivity contribution is -0.142. The third-order valence-corrected chi connectivity index (χ3v) is 5.83. The summed E-state index contributed by atoms with van der Waals surface area (Å²) in [4.78, 5) is 0. The first-order chi connectivity index (χ1) is 8.86. The molecule has 0 amide bonds. The van der Waals surface area contributed by atoms with E-state index < -0.39 is 0 Å². The van der Waals surface area contributed by atoms with Crippen LogP contribution in [0.1, 0.15) is 32.1 Å². The van der Waals surface area contributed by atoms with Gasteiger partial charge in [0.2, 0.25) is 0 Å². The van der Waals surface area contributed by atoms with E-state index in [1.165, 1.54) is 25.7 Å². The molecule has 3 saturated carbocycles. The van der Waals surface area contributed by atoms with E-state index in [1.54, 1.807) is 0 Å². The van der Waals surface area contributed by atoms with Crippen molar-refractivity contribution in [2.75, 3.05) is 0 Å². The molecule has 1 spiro atoms. The lowest BCUT2D eigenvalue weighted by atomic mass is 9.78. The smallest absolute Gasteiger partial charge is 0.254 e. The fourth-order valence-electron chi connectivity index (χ4n) is 5.28. The fraction of sp³-hybridized carbons (Fsp3) is 0.625. The maximum Gasteiger partial charge on any atom is 0.254 e. The summed E-state index contributed by atoms with van der Waals surface area (Å²) in [6.45, 7) is 0. The van der Waals surface area contributed by atoms with Crippen molar-refractivity contribution in [2.24, 2.45) is 23.7 Å². The summed E-state index contributed by atoms with van der Waals surface area (Å²) in [5.74, 6) is 4.98. The van der Waals surface area contributed by atoms with E-state index in [0.717, 1.165) is 35.7 Å². The Balaban J connectivity index is 1.54. The summed E-state index contributed by atoms with van der Waals surface area (Å²) >= 11 is 0. The fourth-order valence-corrected chi connectivity index (χ4v) is 5.28. The molecule has 2 nitrogen and oxygen atoms in total. The molecule has 2 heteroatoms. The number of para-hydroxylation sites is 2. The highest BCUT2D eigenvalue weighted by Crippen LogP contribution is 2.65. The van der Waals surface area contributed by atoms with Crippen LogP contribution >= 0.6 is 0 Å². The normalized spacial score (nSPS) is 41.6.